The average Bonchev–Trinajstić information content (AvgIpc) is 2.70. The molecule has 25 heavy (non-hydrogen) atoms. The van der Waals surface area contributed by atoms with Crippen LogP contribution in [0.3, 0.4) is 0 Å². The summed E-state index contributed by atoms with van der Waals surface area (Å²) in [4.78, 5) is 2.42. The van der Waals surface area contributed by atoms with Gasteiger partial charge in [-0.3, -0.25) is 0 Å². The van der Waals surface area contributed by atoms with Gasteiger partial charge in [-0.25, -0.2) is 0 Å². The second kappa shape index (κ2) is 7.53. The third-order valence-corrected chi connectivity index (χ3v) is 6.24. The fraction of sp³-hybridized carbons (Fsp3) is 0. The Morgan fingerprint density at radius 2 is 1.12 bits per heavy atom. The number of benzene rings is 4. The van der Waals surface area contributed by atoms with Crippen molar-refractivity contribution >= 4 is 35.8 Å². The Bertz CT molecular complexity index is 955. The van der Waals surface area contributed by atoms with Gasteiger partial charge in [-0.1, -0.05) is 0 Å². The Balaban J connectivity index is 1.77. The Labute approximate surface area is 155 Å². The molecule has 120 valence electrons. The van der Waals surface area contributed by atoms with E-state index in [1.807, 2.05) is 0 Å². The molecule has 0 radical (unpaired) electrons. The Morgan fingerprint density at radius 1 is 0.560 bits per heavy atom. The van der Waals surface area contributed by atoms with Crippen LogP contribution >= 0.6 is 0 Å². The van der Waals surface area contributed by atoms with Gasteiger partial charge in [0.15, 0.2) is 0 Å². The molecular weight excluding hydrogens is 367 g/mol. The summed E-state index contributed by atoms with van der Waals surface area (Å²) < 4.78 is 1.43. The number of hydrogen-bond donors (Lipinski definition) is 0. The minimum atomic E-state index is 0.266. The molecule has 0 aliphatic rings. The van der Waals surface area contributed by atoms with Gasteiger partial charge in [-0.15, -0.1) is 0 Å². The predicted octanol–water partition coefficient (Wildman–Crippen LogP) is 5.26. The van der Waals surface area contributed by atoms with Gasteiger partial charge in [0, 0.05) is 0 Å². The van der Waals surface area contributed by atoms with E-state index in [9.17, 15) is 0 Å². The summed E-state index contributed by atoms with van der Waals surface area (Å²) in [6.07, 6.45) is 0. The monoisotopic (exact) mass is 386 g/mol. The van der Waals surface area contributed by atoms with Crippen LogP contribution in [0.15, 0.2) is 108 Å². The van der Waals surface area contributed by atoms with Crippen molar-refractivity contribution in [2.24, 2.45) is 0 Å². The zero-order valence-corrected chi connectivity index (χ0v) is 15.5. The first-order chi connectivity index (χ1) is 12.4. The molecular formula is C24H18Se. The normalized spacial score (nSPS) is 10.6. The van der Waals surface area contributed by atoms with Crippen molar-refractivity contribution in [1.82, 2.24) is 0 Å². The fourth-order valence-corrected chi connectivity index (χ4v) is 5.03. The molecule has 0 heterocycles. The van der Waals surface area contributed by atoms with E-state index in [4.69, 9.17) is 0 Å². The van der Waals surface area contributed by atoms with Gasteiger partial charge in [0.25, 0.3) is 0 Å². The number of rotatable bonds is 4. The van der Waals surface area contributed by atoms with Crippen LogP contribution in [0.5, 0.6) is 0 Å². The Kier molecular flexibility index (Phi) is 4.79. The summed E-state index contributed by atoms with van der Waals surface area (Å²) in [6.45, 7) is 0. The summed E-state index contributed by atoms with van der Waals surface area (Å²) in [7, 11) is 0. The average molecular weight is 385 g/mol. The van der Waals surface area contributed by atoms with E-state index in [2.05, 4.69) is 108 Å². The SMILES string of the molecule is C([Se]c1cccc2ccccc12)=C(c1ccccc1)c1ccccc1. The zero-order chi connectivity index (χ0) is 16.9. The topological polar surface area (TPSA) is 0 Å². The summed E-state index contributed by atoms with van der Waals surface area (Å²) >= 11 is 0.266. The molecule has 4 aromatic rings. The first-order valence-electron chi connectivity index (χ1n) is 8.37. The van der Waals surface area contributed by atoms with Crippen molar-refractivity contribution in [2.45, 2.75) is 0 Å². The molecule has 0 atom stereocenters. The molecule has 0 unspecified atom stereocenters. The van der Waals surface area contributed by atoms with Gasteiger partial charge < -0.3 is 0 Å². The quantitative estimate of drug-likeness (QED) is 0.421. The number of hydrogen-bond acceptors (Lipinski definition) is 0. The molecule has 0 bridgehead atoms. The third-order valence-electron chi connectivity index (χ3n) is 4.22. The van der Waals surface area contributed by atoms with Gasteiger partial charge in [0.1, 0.15) is 0 Å². The minimum absolute atomic E-state index is 0.266. The molecule has 0 aliphatic heterocycles. The maximum absolute atomic E-state index is 2.42. The molecule has 0 saturated heterocycles. The van der Waals surface area contributed by atoms with Crippen molar-refractivity contribution in [1.29, 1.82) is 0 Å². The second-order valence-corrected chi connectivity index (χ2v) is 7.77. The molecule has 0 amide bonds. The molecule has 0 saturated carbocycles. The van der Waals surface area contributed by atoms with Gasteiger partial charge in [-0.2, -0.15) is 0 Å². The first kappa shape index (κ1) is 15.9. The number of fused-ring (bicyclic) bond motifs is 1. The van der Waals surface area contributed by atoms with Gasteiger partial charge in [0.2, 0.25) is 0 Å². The van der Waals surface area contributed by atoms with Crippen LogP contribution in [-0.2, 0) is 0 Å². The predicted molar refractivity (Wildman–Crippen MR) is 109 cm³/mol. The van der Waals surface area contributed by atoms with E-state index in [1.54, 1.807) is 0 Å². The Hall–Kier alpha value is -2.60. The van der Waals surface area contributed by atoms with Crippen LogP contribution in [0.2, 0.25) is 0 Å². The molecule has 4 rings (SSSR count). The maximum atomic E-state index is 2.42. The molecule has 1 heteroatoms. The Morgan fingerprint density at radius 3 is 1.80 bits per heavy atom. The zero-order valence-electron chi connectivity index (χ0n) is 13.8. The summed E-state index contributed by atoms with van der Waals surface area (Å²) in [5, 5.41) is 2.68. The summed E-state index contributed by atoms with van der Waals surface area (Å²) in [6, 6.07) is 36.6. The summed E-state index contributed by atoms with van der Waals surface area (Å²) in [5.74, 6) is 0. The molecule has 0 nitrogen and oxygen atoms in total. The van der Waals surface area contributed by atoms with Crippen molar-refractivity contribution in [3.05, 3.63) is 119 Å². The van der Waals surface area contributed by atoms with E-state index < -0.39 is 0 Å². The van der Waals surface area contributed by atoms with E-state index >= 15 is 0 Å². The molecule has 4 aromatic carbocycles. The van der Waals surface area contributed by atoms with Crippen LogP contribution in [-0.4, -0.2) is 15.0 Å². The van der Waals surface area contributed by atoms with Crippen molar-refractivity contribution in [2.75, 3.05) is 0 Å². The van der Waals surface area contributed by atoms with E-state index in [1.165, 1.54) is 31.9 Å². The fourth-order valence-electron chi connectivity index (χ4n) is 2.96. The van der Waals surface area contributed by atoms with Gasteiger partial charge >= 0.3 is 155 Å². The molecule has 0 aromatic heterocycles. The third kappa shape index (κ3) is 3.58. The van der Waals surface area contributed by atoms with Crippen LogP contribution in [0, 0.1) is 0 Å². The molecule has 0 fully saturated rings. The standard InChI is InChI=1S/C24H18Se/c1-3-10-20(11-4-1)23(21-12-5-2-6-13-21)18-25-24-17-9-15-19-14-7-8-16-22(19)24/h1-18H. The van der Waals surface area contributed by atoms with Gasteiger partial charge in [-0.05, 0) is 0 Å². The van der Waals surface area contributed by atoms with Gasteiger partial charge in [0.05, 0.1) is 0 Å². The van der Waals surface area contributed by atoms with Crippen molar-refractivity contribution in [3.63, 3.8) is 0 Å². The van der Waals surface area contributed by atoms with Crippen molar-refractivity contribution in [3.8, 4) is 0 Å². The molecule has 0 N–H and O–H groups in total. The second-order valence-electron chi connectivity index (χ2n) is 5.86. The van der Waals surface area contributed by atoms with E-state index in [-0.39, 0.29) is 15.0 Å². The molecule has 0 aliphatic carbocycles. The van der Waals surface area contributed by atoms with Crippen molar-refractivity contribution < 1.29 is 0 Å². The van der Waals surface area contributed by atoms with E-state index in [0.717, 1.165) is 0 Å². The van der Waals surface area contributed by atoms with Crippen LogP contribution in [0.25, 0.3) is 16.3 Å². The summed E-state index contributed by atoms with van der Waals surface area (Å²) in [5.41, 5.74) is 3.86. The van der Waals surface area contributed by atoms with Crippen LogP contribution in [0.1, 0.15) is 11.1 Å². The first-order valence-corrected chi connectivity index (χ1v) is 10.2. The van der Waals surface area contributed by atoms with Crippen LogP contribution < -0.4 is 4.46 Å². The van der Waals surface area contributed by atoms with Crippen LogP contribution in [0.4, 0.5) is 0 Å². The van der Waals surface area contributed by atoms with E-state index in [0.29, 0.717) is 0 Å². The molecule has 0 spiro atoms.